The second kappa shape index (κ2) is 10.8. The highest BCUT2D eigenvalue weighted by Gasteiger charge is 2.29. The summed E-state index contributed by atoms with van der Waals surface area (Å²) in [6, 6.07) is 15.5. The van der Waals surface area contributed by atoms with Crippen LogP contribution < -0.4 is 10.6 Å². The first kappa shape index (κ1) is 23.3. The van der Waals surface area contributed by atoms with Gasteiger partial charge < -0.3 is 20.5 Å². The summed E-state index contributed by atoms with van der Waals surface area (Å²) in [6.07, 6.45) is 0.402. The number of hydrogen-bond donors (Lipinski definition) is 3. The van der Waals surface area contributed by atoms with Crippen molar-refractivity contribution >= 4 is 18.0 Å². The molecule has 7 heteroatoms. The summed E-state index contributed by atoms with van der Waals surface area (Å²) in [7, 11) is 0. The van der Waals surface area contributed by atoms with Crippen LogP contribution in [0.2, 0.25) is 0 Å². The molecule has 0 bridgehead atoms. The molecule has 1 aliphatic carbocycles. The molecule has 2 atom stereocenters. The fraction of sp³-hybridized carbons (Fsp3) is 0.400. The Kier molecular flexibility index (Phi) is 7.87. The summed E-state index contributed by atoms with van der Waals surface area (Å²) in [6.45, 7) is 4.17. The van der Waals surface area contributed by atoms with Gasteiger partial charge in [-0.1, -0.05) is 62.4 Å². The van der Waals surface area contributed by atoms with E-state index in [4.69, 9.17) is 9.84 Å². The van der Waals surface area contributed by atoms with Crippen LogP contribution in [0.4, 0.5) is 4.79 Å². The summed E-state index contributed by atoms with van der Waals surface area (Å²) < 4.78 is 5.51. The fourth-order valence-corrected chi connectivity index (χ4v) is 4.10. The summed E-state index contributed by atoms with van der Waals surface area (Å²) in [5.74, 6) is -1.24. The average molecular weight is 439 g/mol. The van der Waals surface area contributed by atoms with Crippen LogP contribution in [0.15, 0.2) is 48.5 Å². The number of carboxylic acids is 1. The van der Waals surface area contributed by atoms with Gasteiger partial charge in [0.25, 0.3) is 0 Å². The average Bonchev–Trinajstić information content (AvgIpc) is 3.09. The van der Waals surface area contributed by atoms with E-state index in [1.54, 1.807) is 6.92 Å². The van der Waals surface area contributed by atoms with Crippen molar-refractivity contribution in [3.63, 3.8) is 0 Å². The zero-order valence-corrected chi connectivity index (χ0v) is 18.5. The molecule has 0 fully saturated rings. The van der Waals surface area contributed by atoms with Crippen LogP contribution in [-0.2, 0) is 14.3 Å². The number of ether oxygens (including phenoxy) is 1. The molecule has 0 aromatic heterocycles. The minimum Gasteiger partial charge on any atom is -0.481 e. The van der Waals surface area contributed by atoms with Gasteiger partial charge in [-0.05, 0) is 41.0 Å². The maximum absolute atomic E-state index is 12.4. The first-order valence-corrected chi connectivity index (χ1v) is 11.0. The van der Waals surface area contributed by atoms with Gasteiger partial charge >= 0.3 is 12.1 Å². The van der Waals surface area contributed by atoms with Crippen LogP contribution in [0.3, 0.4) is 0 Å². The summed E-state index contributed by atoms with van der Waals surface area (Å²) in [5, 5.41) is 14.2. The van der Waals surface area contributed by atoms with Crippen LogP contribution >= 0.6 is 0 Å². The quantitative estimate of drug-likeness (QED) is 0.521. The first-order chi connectivity index (χ1) is 15.4. The Morgan fingerprint density at radius 1 is 1.03 bits per heavy atom. The Morgan fingerprint density at radius 3 is 2.19 bits per heavy atom. The van der Waals surface area contributed by atoms with Crippen molar-refractivity contribution in [1.82, 2.24) is 10.6 Å². The van der Waals surface area contributed by atoms with Crippen molar-refractivity contribution in [2.24, 2.45) is 5.92 Å². The lowest BCUT2D eigenvalue weighted by atomic mass is 9.98. The summed E-state index contributed by atoms with van der Waals surface area (Å²) in [4.78, 5) is 35.6. The Morgan fingerprint density at radius 2 is 1.62 bits per heavy atom. The molecule has 7 nitrogen and oxygen atoms in total. The van der Waals surface area contributed by atoms with E-state index in [-0.39, 0.29) is 30.8 Å². The molecule has 2 amide bonds. The third kappa shape index (κ3) is 5.66. The number of amides is 2. The van der Waals surface area contributed by atoms with Crippen LogP contribution in [0.5, 0.6) is 0 Å². The molecule has 0 saturated carbocycles. The van der Waals surface area contributed by atoms with Crippen molar-refractivity contribution in [3.8, 4) is 11.1 Å². The highest BCUT2D eigenvalue weighted by Crippen LogP contribution is 2.44. The topological polar surface area (TPSA) is 105 Å². The molecule has 1 unspecified atom stereocenters. The van der Waals surface area contributed by atoms with Gasteiger partial charge in [0.1, 0.15) is 12.6 Å². The second-order valence-corrected chi connectivity index (χ2v) is 8.21. The number of carbonyl (C=O) groups is 3. The van der Waals surface area contributed by atoms with Crippen molar-refractivity contribution < 1.29 is 24.2 Å². The van der Waals surface area contributed by atoms with Gasteiger partial charge in [-0.25, -0.2) is 4.79 Å². The normalized spacial score (nSPS) is 14.1. The second-order valence-electron chi connectivity index (χ2n) is 8.21. The number of rotatable bonds is 10. The van der Waals surface area contributed by atoms with E-state index in [0.717, 1.165) is 22.3 Å². The number of carbonyl (C=O) groups excluding carboxylic acids is 2. The lowest BCUT2D eigenvalue weighted by molar-refractivity contribution is -0.138. The van der Waals surface area contributed by atoms with E-state index in [2.05, 4.69) is 34.9 Å². The number of benzene rings is 2. The van der Waals surface area contributed by atoms with Crippen molar-refractivity contribution in [2.45, 2.75) is 45.1 Å². The van der Waals surface area contributed by atoms with Crippen LogP contribution in [0.25, 0.3) is 11.1 Å². The molecule has 3 rings (SSSR count). The highest BCUT2D eigenvalue weighted by atomic mass is 16.5. The van der Waals surface area contributed by atoms with Gasteiger partial charge in [0.2, 0.25) is 5.91 Å². The summed E-state index contributed by atoms with van der Waals surface area (Å²) >= 11 is 0. The van der Waals surface area contributed by atoms with Gasteiger partial charge in [-0.15, -0.1) is 0 Å². The van der Waals surface area contributed by atoms with Gasteiger partial charge in [0.15, 0.2) is 0 Å². The van der Waals surface area contributed by atoms with Gasteiger partial charge in [0.05, 0.1) is 0 Å². The molecule has 0 heterocycles. The van der Waals surface area contributed by atoms with Crippen molar-refractivity contribution in [3.05, 3.63) is 59.7 Å². The minimum absolute atomic E-state index is 0.0389. The molecule has 32 heavy (non-hydrogen) atoms. The highest BCUT2D eigenvalue weighted by molar-refractivity contribution is 5.85. The maximum Gasteiger partial charge on any atom is 0.407 e. The van der Waals surface area contributed by atoms with Crippen LogP contribution in [-0.4, -0.2) is 42.3 Å². The number of hydrogen-bond acceptors (Lipinski definition) is 4. The van der Waals surface area contributed by atoms with Gasteiger partial charge in [-0.3, -0.25) is 9.59 Å². The SMILES string of the molecule is CC[C@H](NC(=O)OCC1c2ccccc2-c2ccccc21)C(=O)NCCC(C)CC(=O)O. The number of aliphatic carboxylic acids is 1. The molecule has 2 aromatic rings. The van der Waals surface area contributed by atoms with Gasteiger partial charge in [0, 0.05) is 18.9 Å². The number of alkyl carbamates (subject to hydrolysis) is 1. The molecule has 170 valence electrons. The van der Waals surface area contributed by atoms with Crippen molar-refractivity contribution in [1.29, 1.82) is 0 Å². The van der Waals surface area contributed by atoms with E-state index < -0.39 is 18.1 Å². The number of fused-ring (bicyclic) bond motifs is 3. The monoisotopic (exact) mass is 438 g/mol. The standard InChI is InChI=1S/C25H30N2O5/c1-3-22(24(30)26-13-12-16(2)14-23(28)29)27-25(31)32-15-21-19-10-6-4-8-17(19)18-9-5-7-11-20(18)21/h4-11,16,21-22H,3,12-15H2,1-2H3,(H,26,30)(H,27,31)(H,28,29)/t16?,22-/m0/s1. The van der Waals surface area contributed by atoms with Crippen molar-refractivity contribution in [2.75, 3.05) is 13.2 Å². The van der Waals surface area contributed by atoms with Crippen LogP contribution in [0.1, 0.15) is 50.2 Å². The zero-order valence-electron chi connectivity index (χ0n) is 18.5. The lowest BCUT2D eigenvalue weighted by Gasteiger charge is -2.19. The zero-order chi connectivity index (χ0) is 23.1. The number of carboxylic acid groups (broad SMARTS) is 1. The fourth-order valence-electron chi connectivity index (χ4n) is 4.10. The van der Waals surface area contributed by atoms with Crippen LogP contribution in [0, 0.1) is 5.92 Å². The van der Waals surface area contributed by atoms with E-state index in [1.165, 1.54) is 0 Å². The molecular formula is C25H30N2O5. The Balaban J connectivity index is 1.51. The Labute approximate surface area is 188 Å². The number of nitrogens with one attached hydrogen (secondary N) is 2. The molecule has 0 aliphatic heterocycles. The van der Waals surface area contributed by atoms with E-state index in [0.29, 0.717) is 19.4 Å². The third-order valence-corrected chi connectivity index (χ3v) is 5.82. The lowest BCUT2D eigenvalue weighted by Crippen LogP contribution is -2.47. The maximum atomic E-state index is 12.4. The molecule has 0 saturated heterocycles. The molecule has 0 spiro atoms. The van der Waals surface area contributed by atoms with E-state index >= 15 is 0 Å². The first-order valence-electron chi connectivity index (χ1n) is 11.0. The molecule has 3 N–H and O–H groups in total. The molecular weight excluding hydrogens is 408 g/mol. The predicted molar refractivity (Wildman–Crippen MR) is 121 cm³/mol. The smallest absolute Gasteiger partial charge is 0.407 e. The Hall–Kier alpha value is -3.35. The Bertz CT molecular complexity index is 929. The third-order valence-electron chi connectivity index (χ3n) is 5.82. The van der Waals surface area contributed by atoms with Gasteiger partial charge in [-0.2, -0.15) is 0 Å². The largest absolute Gasteiger partial charge is 0.481 e. The summed E-state index contributed by atoms with van der Waals surface area (Å²) in [5.41, 5.74) is 4.56. The van der Waals surface area contributed by atoms with E-state index in [1.807, 2.05) is 31.2 Å². The molecule has 2 aromatic carbocycles. The predicted octanol–water partition coefficient (Wildman–Crippen LogP) is 3.92. The van der Waals surface area contributed by atoms with E-state index in [9.17, 15) is 14.4 Å². The molecule has 1 aliphatic rings. The minimum atomic E-state index is -0.854. The molecule has 0 radical (unpaired) electrons.